The van der Waals surface area contributed by atoms with Crippen LogP contribution in [0.2, 0.25) is 0 Å². The fourth-order valence-electron chi connectivity index (χ4n) is 1.30. The smallest absolute Gasteiger partial charge is 0.246 e. The van der Waals surface area contributed by atoms with Gasteiger partial charge in [0.05, 0.1) is 33.0 Å². The van der Waals surface area contributed by atoms with Gasteiger partial charge in [-0.1, -0.05) is 6.92 Å². The molecule has 0 atom stereocenters. The van der Waals surface area contributed by atoms with E-state index in [0.717, 1.165) is 6.42 Å². The van der Waals surface area contributed by atoms with Crippen molar-refractivity contribution in [2.45, 2.75) is 13.3 Å². The monoisotopic (exact) mass is 320 g/mol. The van der Waals surface area contributed by atoms with E-state index in [0.29, 0.717) is 46.2 Å². The maximum Gasteiger partial charge on any atom is 0.246 e. The van der Waals surface area contributed by atoms with Gasteiger partial charge in [-0.25, -0.2) is 0 Å². The fraction of sp³-hybridized carbons (Fsp3) is 0.857. The summed E-state index contributed by atoms with van der Waals surface area (Å²) in [5, 5.41) is 5.12. The van der Waals surface area contributed by atoms with Gasteiger partial charge in [0.2, 0.25) is 11.8 Å². The molecule has 0 aliphatic carbocycles. The number of amides is 2. The second-order valence-electron chi connectivity index (χ2n) is 4.35. The number of ether oxygens (including phenoxy) is 4. The van der Waals surface area contributed by atoms with Crippen LogP contribution in [-0.2, 0) is 28.5 Å². The van der Waals surface area contributed by atoms with Crippen molar-refractivity contribution in [2.24, 2.45) is 0 Å². The average molecular weight is 320 g/mol. The Balaban J connectivity index is 3.20. The molecule has 0 aliphatic heterocycles. The standard InChI is InChI=1S/C14H28N2O6/c1-3-5-19-7-9-22-12-14(18)16-4-6-20-8-10-21-11-13(17)15-2/h3-12H2,1-2H3,(H,15,17)(H,16,18). The Morgan fingerprint density at radius 3 is 1.91 bits per heavy atom. The first-order chi connectivity index (χ1) is 10.7. The minimum Gasteiger partial charge on any atom is -0.379 e. The normalized spacial score (nSPS) is 10.5. The molecule has 2 amide bonds. The lowest BCUT2D eigenvalue weighted by Gasteiger charge is -2.08. The van der Waals surface area contributed by atoms with Crippen LogP contribution in [0.5, 0.6) is 0 Å². The largest absolute Gasteiger partial charge is 0.379 e. The third kappa shape index (κ3) is 15.2. The number of carbonyl (C=O) groups is 2. The zero-order valence-corrected chi connectivity index (χ0v) is 13.5. The van der Waals surface area contributed by atoms with Crippen molar-refractivity contribution < 1.29 is 28.5 Å². The summed E-state index contributed by atoms with van der Waals surface area (Å²) >= 11 is 0. The maximum atomic E-state index is 11.4. The molecule has 22 heavy (non-hydrogen) atoms. The Hall–Kier alpha value is -1.22. The summed E-state index contributed by atoms with van der Waals surface area (Å²) in [6.07, 6.45) is 0.970. The van der Waals surface area contributed by atoms with Crippen molar-refractivity contribution in [1.82, 2.24) is 10.6 Å². The van der Waals surface area contributed by atoms with Gasteiger partial charge < -0.3 is 29.6 Å². The zero-order valence-electron chi connectivity index (χ0n) is 13.5. The maximum absolute atomic E-state index is 11.4. The van der Waals surface area contributed by atoms with Crippen LogP contribution in [0.15, 0.2) is 0 Å². The summed E-state index contributed by atoms with van der Waals surface area (Å²) in [6, 6.07) is 0. The fourth-order valence-corrected chi connectivity index (χ4v) is 1.30. The van der Waals surface area contributed by atoms with E-state index < -0.39 is 0 Å². The molecule has 2 N–H and O–H groups in total. The second-order valence-corrected chi connectivity index (χ2v) is 4.35. The number of hydrogen-bond acceptors (Lipinski definition) is 6. The molecule has 0 saturated heterocycles. The highest BCUT2D eigenvalue weighted by atomic mass is 16.5. The van der Waals surface area contributed by atoms with Gasteiger partial charge >= 0.3 is 0 Å². The summed E-state index contributed by atoms with van der Waals surface area (Å²) in [5.74, 6) is -0.359. The van der Waals surface area contributed by atoms with Crippen LogP contribution in [0.4, 0.5) is 0 Å². The third-order valence-corrected chi connectivity index (χ3v) is 2.41. The Morgan fingerprint density at radius 2 is 1.32 bits per heavy atom. The molecule has 0 radical (unpaired) electrons. The summed E-state index contributed by atoms with van der Waals surface area (Å²) < 4.78 is 20.7. The van der Waals surface area contributed by atoms with Crippen molar-refractivity contribution in [3.63, 3.8) is 0 Å². The van der Waals surface area contributed by atoms with Gasteiger partial charge in [0.25, 0.3) is 0 Å². The number of carbonyl (C=O) groups excluding carboxylic acids is 2. The van der Waals surface area contributed by atoms with Gasteiger partial charge in [-0.2, -0.15) is 0 Å². The lowest BCUT2D eigenvalue weighted by molar-refractivity contribution is -0.127. The molecule has 8 heteroatoms. The van der Waals surface area contributed by atoms with Gasteiger partial charge in [0, 0.05) is 20.2 Å². The first-order valence-corrected chi connectivity index (χ1v) is 7.49. The molecule has 0 fully saturated rings. The van der Waals surface area contributed by atoms with Crippen molar-refractivity contribution >= 4 is 11.8 Å². The van der Waals surface area contributed by atoms with Crippen molar-refractivity contribution in [2.75, 3.05) is 66.4 Å². The number of nitrogens with one attached hydrogen (secondary N) is 2. The molecule has 0 bridgehead atoms. The third-order valence-electron chi connectivity index (χ3n) is 2.41. The number of hydrogen-bond donors (Lipinski definition) is 2. The minimum atomic E-state index is -0.185. The molecule has 0 aliphatic rings. The molecule has 0 unspecified atom stereocenters. The molecule has 0 rings (SSSR count). The van der Waals surface area contributed by atoms with Crippen LogP contribution in [0.3, 0.4) is 0 Å². The Bertz CT molecular complexity index is 289. The summed E-state index contributed by atoms with van der Waals surface area (Å²) in [4.78, 5) is 22.2. The van der Waals surface area contributed by atoms with Crippen LogP contribution in [0.25, 0.3) is 0 Å². The second kappa shape index (κ2) is 16.2. The van der Waals surface area contributed by atoms with Crippen molar-refractivity contribution in [1.29, 1.82) is 0 Å². The van der Waals surface area contributed by atoms with Gasteiger partial charge in [-0.3, -0.25) is 9.59 Å². The Kier molecular flexibility index (Phi) is 15.3. The molecule has 0 aromatic rings. The van der Waals surface area contributed by atoms with E-state index in [1.807, 2.05) is 6.92 Å². The predicted molar refractivity (Wildman–Crippen MR) is 80.6 cm³/mol. The lowest BCUT2D eigenvalue weighted by Crippen LogP contribution is -2.31. The lowest BCUT2D eigenvalue weighted by atomic mass is 10.5. The van der Waals surface area contributed by atoms with E-state index in [-0.39, 0.29) is 25.0 Å². The topological polar surface area (TPSA) is 95.1 Å². The van der Waals surface area contributed by atoms with Gasteiger partial charge in [0.1, 0.15) is 13.2 Å². The minimum absolute atomic E-state index is 0.0186. The highest BCUT2D eigenvalue weighted by Crippen LogP contribution is 1.83. The Labute approximate surface area is 131 Å². The average Bonchev–Trinajstić information content (AvgIpc) is 2.52. The molecule has 0 aromatic heterocycles. The van der Waals surface area contributed by atoms with Crippen LogP contribution in [0.1, 0.15) is 13.3 Å². The molecule has 0 spiro atoms. The zero-order chi connectivity index (χ0) is 16.5. The summed E-state index contributed by atoms with van der Waals surface area (Å²) in [6.45, 7) is 5.19. The van der Waals surface area contributed by atoms with Gasteiger partial charge in [-0.05, 0) is 6.42 Å². The number of likely N-dealkylation sites (N-methyl/N-ethyl adjacent to an activating group) is 1. The van der Waals surface area contributed by atoms with E-state index in [9.17, 15) is 9.59 Å². The molecule has 0 heterocycles. The first kappa shape index (κ1) is 20.8. The number of rotatable bonds is 15. The van der Waals surface area contributed by atoms with Gasteiger partial charge in [-0.15, -0.1) is 0 Å². The first-order valence-electron chi connectivity index (χ1n) is 7.49. The SMILES string of the molecule is CCCOCCOCC(=O)NCCOCCOCC(=O)NC. The van der Waals surface area contributed by atoms with Crippen LogP contribution in [-0.4, -0.2) is 78.3 Å². The van der Waals surface area contributed by atoms with Crippen molar-refractivity contribution in [3.05, 3.63) is 0 Å². The molecule has 8 nitrogen and oxygen atoms in total. The van der Waals surface area contributed by atoms with E-state index in [2.05, 4.69) is 10.6 Å². The molecular formula is C14H28N2O6. The highest BCUT2D eigenvalue weighted by molar-refractivity contribution is 5.77. The van der Waals surface area contributed by atoms with Crippen LogP contribution < -0.4 is 10.6 Å². The van der Waals surface area contributed by atoms with Gasteiger partial charge in [0.15, 0.2) is 0 Å². The predicted octanol–water partition coefficient (Wildman–Crippen LogP) is -0.675. The van der Waals surface area contributed by atoms with E-state index in [4.69, 9.17) is 18.9 Å². The molecular weight excluding hydrogens is 292 g/mol. The molecule has 0 aromatic carbocycles. The van der Waals surface area contributed by atoms with Crippen LogP contribution >= 0.6 is 0 Å². The Morgan fingerprint density at radius 1 is 0.773 bits per heavy atom. The highest BCUT2D eigenvalue weighted by Gasteiger charge is 2.01. The summed E-state index contributed by atoms with van der Waals surface area (Å²) in [5.41, 5.74) is 0. The summed E-state index contributed by atoms with van der Waals surface area (Å²) in [7, 11) is 1.55. The molecule has 0 saturated carbocycles. The van der Waals surface area contributed by atoms with E-state index >= 15 is 0 Å². The van der Waals surface area contributed by atoms with E-state index in [1.54, 1.807) is 7.05 Å². The molecule has 130 valence electrons. The van der Waals surface area contributed by atoms with Crippen LogP contribution in [0, 0.1) is 0 Å². The van der Waals surface area contributed by atoms with E-state index in [1.165, 1.54) is 0 Å². The van der Waals surface area contributed by atoms with Crippen molar-refractivity contribution in [3.8, 4) is 0 Å². The quantitative estimate of drug-likeness (QED) is 0.388.